The minimum atomic E-state index is -0.398. The monoisotopic (exact) mass is 406 g/mol. The molecule has 0 amide bonds. The van der Waals surface area contributed by atoms with Crippen molar-refractivity contribution in [3.63, 3.8) is 0 Å². The standard InChI is InChI=1S/C20H22O.C7H12O2/c1-3-16(2)19-12-8-17(9-13-19)6-4-5-7-18-10-14-20(21)15-11-18;1-5-6(8)9-7(2,3)4/h4-16,21H,3H2,1-2H3;5H,1H2,2-4H3. The third-order valence-electron chi connectivity index (χ3n) is 4.27. The Balaban J connectivity index is 0.000000424. The predicted molar refractivity (Wildman–Crippen MR) is 127 cm³/mol. The Labute approximate surface area is 181 Å². The molecule has 2 rings (SSSR count). The van der Waals surface area contributed by atoms with Crippen LogP contribution in [0.1, 0.15) is 63.6 Å². The smallest absolute Gasteiger partial charge is 0.330 e. The number of rotatable bonds is 6. The SMILES string of the molecule is C=CC(=O)OC(C)(C)C.CCC(C)c1ccc(C=CC=Cc2ccc(O)cc2)cc1. The Kier molecular flexibility index (Phi) is 10.4. The fraction of sp³-hybridized carbons (Fsp3) is 0.296. The van der Waals surface area contributed by atoms with Crippen LogP contribution in [-0.4, -0.2) is 16.7 Å². The Morgan fingerprint density at radius 3 is 1.83 bits per heavy atom. The van der Waals surface area contributed by atoms with E-state index in [2.05, 4.69) is 50.8 Å². The summed E-state index contributed by atoms with van der Waals surface area (Å²) in [5.41, 5.74) is 3.28. The van der Waals surface area contributed by atoms with Crippen LogP contribution in [-0.2, 0) is 9.53 Å². The molecule has 0 aliphatic heterocycles. The quantitative estimate of drug-likeness (QED) is 0.315. The number of allylic oxidation sites excluding steroid dienone is 2. The third kappa shape index (κ3) is 10.5. The molecule has 1 N–H and O–H groups in total. The summed E-state index contributed by atoms with van der Waals surface area (Å²) in [7, 11) is 0. The molecule has 0 radical (unpaired) electrons. The van der Waals surface area contributed by atoms with Crippen molar-refractivity contribution in [3.05, 3.63) is 90.0 Å². The molecular formula is C27H34O3. The highest BCUT2D eigenvalue weighted by Crippen LogP contribution is 2.19. The molecule has 2 aromatic carbocycles. The van der Waals surface area contributed by atoms with Crippen molar-refractivity contribution in [2.24, 2.45) is 0 Å². The van der Waals surface area contributed by atoms with Crippen molar-refractivity contribution in [1.82, 2.24) is 0 Å². The molecule has 2 aromatic rings. The first-order valence-corrected chi connectivity index (χ1v) is 10.2. The Bertz CT molecular complexity index is 835. The normalized spacial score (nSPS) is 12.3. The molecule has 1 unspecified atom stereocenters. The summed E-state index contributed by atoms with van der Waals surface area (Å²) in [4.78, 5) is 10.5. The minimum absolute atomic E-state index is 0.295. The highest BCUT2D eigenvalue weighted by Gasteiger charge is 2.12. The molecule has 0 saturated carbocycles. The molecular weight excluding hydrogens is 372 g/mol. The van der Waals surface area contributed by atoms with Crippen molar-refractivity contribution < 1.29 is 14.6 Å². The van der Waals surface area contributed by atoms with Crippen LogP contribution >= 0.6 is 0 Å². The molecule has 0 heterocycles. The first-order chi connectivity index (χ1) is 14.1. The second-order valence-electron chi connectivity index (χ2n) is 8.02. The highest BCUT2D eigenvalue weighted by atomic mass is 16.6. The van der Waals surface area contributed by atoms with Gasteiger partial charge in [0.2, 0.25) is 0 Å². The third-order valence-corrected chi connectivity index (χ3v) is 4.27. The van der Waals surface area contributed by atoms with E-state index in [-0.39, 0.29) is 5.97 Å². The van der Waals surface area contributed by atoms with Crippen molar-refractivity contribution in [3.8, 4) is 5.75 Å². The minimum Gasteiger partial charge on any atom is -0.508 e. The fourth-order valence-corrected chi connectivity index (χ4v) is 2.43. The summed E-state index contributed by atoms with van der Waals surface area (Å²) < 4.78 is 4.83. The average Bonchev–Trinajstić information content (AvgIpc) is 2.71. The Morgan fingerprint density at radius 2 is 1.47 bits per heavy atom. The van der Waals surface area contributed by atoms with Gasteiger partial charge in [-0.05, 0) is 61.9 Å². The highest BCUT2D eigenvalue weighted by molar-refractivity contribution is 5.81. The summed E-state index contributed by atoms with van der Waals surface area (Å²) in [5, 5.41) is 9.22. The zero-order valence-electron chi connectivity index (χ0n) is 18.8. The van der Waals surface area contributed by atoms with E-state index in [1.807, 2.05) is 51.1 Å². The lowest BCUT2D eigenvalue weighted by Gasteiger charge is -2.17. The van der Waals surface area contributed by atoms with Crippen molar-refractivity contribution in [2.75, 3.05) is 0 Å². The summed E-state index contributed by atoms with van der Waals surface area (Å²) >= 11 is 0. The van der Waals surface area contributed by atoms with E-state index in [1.165, 1.54) is 17.5 Å². The van der Waals surface area contributed by atoms with Gasteiger partial charge in [-0.1, -0.05) is 81.1 Å². The van der Waals surface area contributed by atoms with Gasteiger partial charge in [0, 0.05) is 6.08 Å². The second-order valence-corrected chi connectivity index (χ2v) is 8.02. The lowest BCUT2D eigenvalue weighted by atomic mass is 9.97. The molecule has 0 aliphatic rings. The molecule has 3 nitrogen and oxygen atoms in total. The number of carbonyl (C=O) groups excluding carboxylic acids is 1. The van der Waals surface area contributed by atoms with Crippen LogP contribution in [0, 0.1) is 0 Å². The maximum atomic E-state index is 10.5. The van der Waals surface area contributed by atoms with Gasteiger partial charge in [-0.2, -0.15) is 0 Å². The van der Waals surface area contributed by atoms with Crippen LogP contribution < -0.4 is 0 Å². The number of phenols is 1. The van der Waals surface area contributed by atoms with E-state index in [0.717, 1.165) is 11.6 Å². The van der Waals surface area contributed by atoms with E-state index < -0.39 is 5.60 Å². The molecule has 160 valence electrons. The summed E-state index contributed by atoms with van der Waals surface area (Å²) in [6.45, 7) is 13.2. The molecule has 0 aromatic heterocycles. The van der Waals surface area contributed by atoms with E-state index in [1.54, 1.807) is 12.1 Å². The number of hydrogen-bond donors (Lipinski definition) is 1. The summed E-state index contributed by atoms with van der Waals surface area (Å²) in [6, 6.07) is 15.9. The van der Waals surface area contributed by atoms with Gasteiger partial charge in [0.15, 0.2) is 0 Å². The second kappa shape index (κ2) is 12.5. The molecule has 0 fully saturated rings. The number of esters is 1. The molecule has 3 heteroatoms. The number of aromatic hydroxyl groups is 1. The van der Waals surface area contributed by atoms with Gasteiger partial charge in [-0.3, -0.25) is 0 Å². The number of ether oxygens (including phenoxy) is 1. The maximum absolute atomic E-state index is 10.5. The molecule has 30 heavy (non-hydrogen) atoms. The van der Waals surface area contributed by atoms with Gasteiger partial charge in [-0.25, -0.2) is 4.79 Å². The zero-order valence-corrected chi connectivity index (χ0v) is 18.8. The van der Waals surface area contributed by atoms with Crippen LogP contribution in [0.2, 0.25) is 0 Å². The summed E-state index contributed by atoms with van der Waals surface area (Å²) in [6.07, 6.45) is 10.5. The maximum Gasteiger partial charge on any atom is 0.330 e. The number of carbonyl (C=O) groups is 1. The fourth-order valence-electron chi connectivity index (χ4n) is 2.43. The van der Waals surface area contributed by atoms with Crippen LogP contribution in [0.15, 0.2) is 73.3 Å². The Morgan fingerprint density at radius 1 is 1.00 bits per heavy atom. The van der Waals surface area contributed by atoms with E-state index in [4.69, 9.17) is 4.74 Å². The number of hydrogen-bond acceptors (Lipinski definition) is 3. The summed E-state index contributed by atoms with van der Waals surface area (Å²) in [5.74, 6) is 0.545. The molecule has 0 saturated heterocycles. The van der Waals surface area contributed by atoms with Crippen LogP contribution in [0.3, 0.4) is 0 Å². The van der Waals surface area contributed by atoms with E-state index >= 15 is 0 Å². The molecule has 0 spiro atoms. The number of benzene rings is 2. The van der Waals surface area contributed by atoms with Gasteiger partial charge >= 0.3 is 5.97 Å². The van der Waals surface area contributed by atoms with Crippen LogP contribution in [0.5, 0.6) is 5.75 Å². The van der Waals surface area contributed by atoms with E-state index in [0.29, 0.717) is 11.7 Å². The molecule has 0 bridgehead atoms. The Hall–Kier alpha value is -3.07. The predicted octanol–water partition coefficient (Wildman–Crippen LogP) is 7.15. The van der Waals surface area contributed by atoms with E-state index in [9.17, 15) is 9.90 Å². The largest absolute Gasteiger partial charge is 0.508 e. The molecule has 1 atom stereocenters. The van der Waals surface area contributed by atoms with Gasteiger partial charge in [0.05, 0.1) is 0 Å². The van der Waals surface area contributed by atoms with Gasteiger partial charge in [0.25, 0.3) is 0 Å². The zero-order chi connectivity index (χ0) is 22.6. The first kappa shape index (κ1) is 25.0. The number of phenolic OH excluding ortho intramolecular Hbond substituents is 1. The average molecular weight is 407 g/mol. The molecule has 0 aliphatic carbocycles. The van der Waals surface area contributed by atoms with Crippen LogP contribution in [0.25, 0.3) is 12.2 Å². The van der Waals surface area contributed by atoms with Crippen molar-refractivity contribution in [2.45, 2.75) is 52.6 Å². The first-order valence-electron chi connectivity index (χ1n) is 10.2. The van der Waals surface area contributed by atoms with Crippen LogP contribution in [0.4, 0.5) is 0 Å². The van der Waals surface area contributed by atoms with Gasteiger partial charge in [0.1, 0.15) is 11.4 Å². The topological polar surface area (TPSA) is 46.5 Å². The van der Waals surface area contributed by atoms with Crippen molar-refractivity contribution >= 4 is 18.1 Å². The lowest BCUT2D eigenvalue weighted by Crippen LogP contribution is -2.22. The lowest BCUT2D eigenvalue weighted by molar-refractivity contribution is -0.148. The van der Waals surface area contributed by atoms with Gasteiger partial charge in [-0.15, -0.1) is 0 Å². The van der Waals surface area contributed by atoms with Gasteiger partial charge < -0.3 is 9.84 Å². The van der Waals surface area contributed by atoms with Crippen molar-refractivity contribution in [1.29, 1.82) is 0 Å².